The molecule has 0 bridgehead atoms. The Morgan fingerprint density at radius 1 is 1.00 bits per heavy atom. The predicted molar refractivity (Wildman–Crippen MR) is 95.7 cm³/mol. The van der Waals surface area contributed by atoms with E-state index in [4.69, 9.17) is 14.2 Å². The Bertz CT molecular complexity index is 950. The van der Waals surface area contributed by atoms with Gasteiger partial charge in [-0.3, -0.25) is 0 Å². The van der Waals surface area contributed by atoms with Crippen molar-refractivity contribution in [3.05, 3.63) is 59.8 Å². The number of nitrogens with zero attached hydrogens (tertiary/aromatic N) is 2. The lowest BCUT2D eigenvalue weighted by atomic mass is 10.1. The second-order valence-electron chi connectivity index (χ2n) is 5.39. The zero-order valence-electron chi connectivity index (χ0n) is 14.8. The highest BCUT2D eigenvalue weighted by Gasteiger charge is 2.19. The molecule has 0 saturated heterocycles. The monoisotopic (exact) mass is 367 g/mol. The lowest BCUT2D eigenvalue weighted by molar-refractivity contribution is 0.0520. The number of aromatic amines is 1. The fraction of sp³-hybridized carbons (Fsp3) is 0.158. The molecule has 0 amide bonds. The number of hydrogen-bond donors (Lipinski definition) is 1. The van der Waals surface area contributed by atoms with E-state index in [9.17, 15) is 9.59 Å². The van der Waals surface area contributed by atoms with Crippen molar-refractivity contribution in [1.82, 2.24) is 15.4 Å². The van der Waals surface area contributed by atoms with Crippen LogP contribution in [-0.4, -0.2) is 41.1 Å². The number of ether oxygens (including phenoxy) is 3. The van der Waals surface area contributed by atoms with Crippen LogP contribution in [0, 0.1) is 0 Å². The van der Waals surface area contributed by atoms with Crippen LogP contribution in [0.15, 0.2) is 48.5 Å². The number of nitrogens with one attached hydrogen (secondary N) is 1. The summed E-state index contributed by atoms with van der Waals surface area (Å²) in [6, 6.07) is 13.2. The van der Waals surface area contributed by atoms with E-state index in [0.717, 1.165) is 0 Å². The number of rotatable bonds is 6. The van der Waals surface area contributed by atoms with Crippen LogP contribution in [0.3, 0.4) is 0 Å². The van der Waals surface area contributed by atoms with Crippen molar-refractivity contribution in [3.63, 3.8) is 0 Å². The molecule has 3 rings (SSSR count). The average molecular weight is 367 g/mol. The minimum atomic E-state index is -0.582. The van der Waals surface area contributed by atoms with Gasteiger partial charge in [0.25, 0.3) is 0 Å². The van der Waals surface area contributed by atoms with E-state index in [2.05, 4.69) is 15.4 Å². The van der Waals surface area contributed by atoms with Crippen molar-refractivity contribution >= 4 is 11.9 Å². The SMILES string of the molecule is CCOC(=O)c1n[nH]nc1-c1cccc(OC(=O)c2ccc(OC)cc2)c1. The van der Waals surface area contributed by atoms with Crippen molar-refractivity contribution in [2.75, 3.05) is 13.7 Å². The van der Waals surface area contributed by atoms with Crippen LogP contribution >= 0.6 is 0 Å². The lowest BCUT2D eigenvalue weighted by Crippen LogP contribution is -2.09. The van der Waals surface area contributed by atoms with Gasteiger partial charge in [0.15, 0.2) is 5.69 Å². The highest BCUT2D eigenvalue weighted by molar-refractivity contribution is 5.94. The Balaban J connectivity index is 1.81. The van der Waals surface area contributed by atoms with Crippen LogP contribution in [0.5, 0.6) is 11.5 Å². The Morgan fingerprint density at radius 3 is 2.48 bits per heavy atom. The molecular formula is C19H17N3O5. The molecule has 3 aromatic rings. The summed E-state index contributed by atoms with van der Waals surface area (Å²) in [5.41, 5.74) is 1.33. The van der Waals surface area contributed by atoms with Gasteiger partial charge in [0.05, 0.1) is 19.3 Å². The number of carbonyl (C=O) groups excluding carboxylic acids is 2. The average Bonchev–Trinajstić information content (AvgIpc) is 3.18. The number of carbonyl (C=O) groups is 2. The van der Waals surface area contributed by atoms with E-state index in [1.54, 1.807) is 62.6 Å². The quantitative estimate of drug-likeness (QED) is 0.528. The third kappa shape index (κ3) is 4.12. The first kappa shape index (κ1) is 18.1. The molecule has 0 fully saturated rings. The van der Waals surface area contributed by atoms with Gasteiger partial charge in [-0.25, -0.2) is 9.59 Å². The van der Waals surface area contributed by atoms with Crippen LogP contribution in [-0.2, 0) is 4.74 Å². The van der Waals surface area contributed by atoms with Crippen LogP contribution in [0.4, 0.5) is 0 Å². The summed E-state index contributed by atoms with van der Waals surface area (Å²) in [5, 5.41) is 10.2. The predicted octanol–water partition coefficient (Wildman–Crippen LogP) is 2.88. The molecule has 2 aromatic carbocycles. The molecule has 8 heteroatoms. The molecular weight excluding hydrogens is 350 g/mol. The molecule has 1 heterocycles. The number of aromatic nitrogens is 3. The van der Waals surface area contributed by atoms with Crippen molar-refractivity contribution in [3.8, 4) is 22.8 Å². The first-order chi connectivity index (χ1) is 13.1. The molecule has 0 unspecified atom stereocenters. The fourth-order valence-corrected chi connectivity index (χ4v) is 2.37. The Kier molecular flexibility index (Phi) is 5.46. The second-order valence-corrected chi connectivity index (χ2v) is 5.39. The zero-order chi connectivity index (χ0) is 19.2. The van der Waals surface area contributed by atoms with Crippen LogP contribution in [0.2, 0.25) is 0 Å². The Hall–Kier alpha value is -3.68. The second kappa shape index (κ2) is 8.13. The van der Waals surface area contributed by atoms with Crippen LogP contribution in [0.1, 0.15) is 27.8 Å². The zero-order valence-corrected chi connectivity index (χ0v) is 14.8. The van der Waals surface area contributed by atoms with Gasteiger partial charge in [-0.05, 0) is 43.3 Å². The summed E-state index contributed by atoms with van der Waals surface area (Å²) in [4.78, 5) is 24.3. The normalized spacial score (nSPS) is 10.3. The maximum atomic E-state index is 12.3. The highest BCUT2D eigenvalue weighted by Crippen LogP contribution is 2.25. The molecule has 27 heavy (non-hydrogen) atoms. The third-order valence-corrected chi connectivity index (χ3v) is 3.66. The largest absolute Gasteiger partial charge is 0.497 e. The van der Waals surface area contributed by atoms with Gasteiger partial charge in [-0.1, -0.05) is 12.1 Å². The number of esters is 2. The molecule has 0 saturated carbocycles. The topological polar surface area (TPSA) is 103 Å². The first-order valence-electron chi connectivity index (χ1n) is 8.17. The van der Waals surface area contributed by atoms with Gasteiger partial charge in [-0.2, -0.15) is 10.3 Å². The standard InChI is InChI=1S/C19H17N3O5/c1-3-26-19(24)17-16(20-22-21-17)13-5-4-6-15(11-13)27-18(23)12-7-9-14(25-2)10-8-12/h4-11H,3H2,1-2H3,(H,20,21,22). The number of H-pyrrole nitrogens is 1. The summed E-state index contributed by atoms with van der Waals surface area (Å²) in [7, 11) is 1.55. The molecule has 1 aromatic heterocycles. The van der Waals surface area contributed by atoms with Gasteiger partial charge in [0, 0.05) is 5.56 Å². The summed E-state index contributed by atoms with van der Waals surface area (Å²) >= 11 is 0. The maximum Gasteiger partial charge on any atom is 0.361 e. The van der Waals surface area contributed by atoms with E-state index in [0.29, 0.717) is 28.3 Å². The number of hydrogen-bond acceptors (Lipinski definition) is 7. The molecule has 0 aliphatic rings. The Morgan fingerprint density at radius 2 is 1.78 bits per heavy atom. The molecule has 0 spiro atoms. The van der Waals surface area contributed by atoms with E-state index >= 15 is 0 Å². The van der Waals surface area contributed by atoms with Gasteiger partial charge < -0.3 is 14.2 Å². The minimum Gasteiger partial charge on any atom is -0.497 e. The molecule has 0 aliphatic carbocycles. The summed E-state index contributed by atoms with van der Waals surface area (Å²) in [6.07, 6.45) is 0. The van der Waals surface area contributed by atoms with Gasteiger partial charge >= 0.3 is 11.9 Å². The molecule has 1 N–H and O–H groups in total. The van der Waals surface area contributed by atoms with Gasteiger partial charge in [0.2, 0.25) is 0 Å². The smallest absolute Gasteiger partial charge is 0.361 e. The molecule has 0 radical (unpaired) electrons. The first-order valence-corrected chi connectivity index (χ1v) is 8.17. The van der Waals surface area contributed by atoms with Crippen LogP contribution < -0.4 is 9.47 Å². The van der Waals surface area contributed by atoms with E-state index in [-0.39, 0.29) is 12.3 Å². The van der Waals surface area contributed by atoms with E-state index < -0.39 is 11.9 Å². The fourth-order valence-electron chi connectivity index (χ4n) is 2.37. The highest BCUT2D eigenvalue weighted by atomic mass is 16.5. The minimum absolute atomic E-state index is 0.0653. The maximum absolute atomic E-state index is 12.3. The van der Waals surface area contributed by atoms with Gasteiger partial charge in [-0.15, -0.1) is 5.10 Å². The lowest BCUT2D eigenvalue weighted by Gasteiger charge is -2.07. The van der Waals surface area contributed by atoms with Crippen molar-refractivity contribution in [2.45, 2.75) is 6.92 Å². The Labute approximate surface area is 155 Å². The van der Waals surface area contributed by atoms with E-state index in [1.807, 2.05) is 0 Å². The molecule has 8 nitrogen and oxygen atoms in total. The summed E-state index contributed by atoms with van der Waals surface area (Å²) < 4.78 is 15.4. The van der Waals surface area contributed by atoms with Gasteiger partial charge in [0.1, 0.15) is 17.2 Å². The van der Waals surface area contributed by atoms with Crippen LogP contribution in [0.25, 0.3) is 11.3 Å². The third-order valence-electron chi connectivity index (χ3n) is 3.66. The number of methoxy groups -OCH3 is 1. The van der Waals surface area contributed by atoms with E-state index in [1.165, 1.54) is 0 Å². The van der Waals surface area contributed by atoms with Crippen molar-refractivity contribution in [2.24, 2.45) is 0 Å². The molecule has 0 atom stereocenters. The van der Waals surface area contributed by atoms with Crippen molar-refractivity contribution < 1.29 is 23.8 Å². The summed E-state index contributed by atoms with van der Waals surface area (Å²) in [5.74, 6) is -0.139. The summed E-state index contributed by atoms with van der Waals surface area (Å²) in [6.45, 7) is 1.93. The number of benzene rings is 2. The molecule has 0 aliphatic heterocycles. The van der Waals surface area contributed by atoms with Crippen molar-refractivity contribution in [1.29, 1.82) is 0 Å². The molecule has 138 valence electrons.